The molecule has 1 aliphatic rings. The zero-order chi connectivity index (χ0) is 10.4. The van der Waals surface area contributed by atoms with Crippen LogP contribution in [0.5, 0.6) is 5.75 Å². The zero-order valence-corrected chi connectivity index (χ0v) is 8.07. The van der Waals surface area contributed by atoms with Crippen LogP contribution in [0.3, 0.4) is 0 Å². The van der Waals surface area contributed by atoms with Gasteiger partial charge in [-0.2, -0.15) is 0 Å². The molecule has 2 N–H and O–H groups in total. The number of fused-ring (bicyclic) bond motifs is 1. The Bertz CT molecular complexity index is 314. The number of carbonyl (C=O) groups excluding carboxylic acids is 1. The van der Waals surface area contributed by atoms with E-state index in [1.54, 1.807) is 6.26 Å². The van der Waals surface area contributed by atoms with Gasteiger partial charge in [0.05, 0.1) is 6.26 Å². The summed E-state index contributed by atoms with van der Waals surface area (Å²) in [6.45, 7) is 1.31. The number of ether oxygens (including phenoxy) is 1. The van der Waals surface area contributed by atoms with Crippen LogP contribution >= 0.6 is 0 Å². The number of benzene rings is 1. The number of hydrogen-bond donors (Lipinski definition) is 1. The quantitative estimate of drug-likeness (QED) is 0.677. The Morgan fingerprint density at radius 3 is 2.71 bits per heavy atom. The molecule has 0 aliphatic carbocycles. The van der Waals surface area contributed by atoms with Gasteiger partial charge in [0.15, 0.2) is 0 Å². The highest BCUT2D eigenvalue weighted by Gasteiger charge is 2.02. The molecule has 0 aromatic heterocycles. The van der Waals surface area contributed by atoms with E-state index in [1.807, 2.05) is 24.3 Å². The monoisotopic (exact) mass is 191 g/mol. The first-order valence-corrected chi connectivity index (χ1v) is 4.36. The van der Waals surface area contributed by atoms with Crippen LogP contribution in [-0.2, 0) is 11.2 Å². The molecule has 1 aliphatic heterocycles. The Hall–Kier alpha value is -1.77. The second kappa shape index (κ2) is 5.07. The van der Waals surface area contributed by atoms with Crippen molar-refractivity contribution in [3.8, 4) is 5.75 Å². The van der Waals surface area contributed by atoms with Gasteiger partial charge in [-0.15, -0.1) is 0 Å². The Balaban J connectivity index is 0.000000213. The van der Waals surface area contributed by atoms with Crippen molar-refractivity contribution in [3.05, 3.63) is 42.2 Å². The fourth-order valence-electron chi connectivity index (χ4n) is 1.08. The number of rotatable bonds is 0. The first-order chi connectivity index (χ1) is 6.70. The molecule has 0 saturated heterocycles. The third-order valence-electron chi connectivity index (χ3n) is 1.60. The molecule has 14 heavy (non-hydrogen) atoms. The van der Waals surface area contributed by atoms with Crippen LogP contribution in [-0.4, -0.2) is 5.91 Å². The Morgan fingerprint density at radius 2 is 2.07 bits per heavy atom. The molecule has 0 bridgehead atoms. The van der Waals surface area contributed by atoms with Crippen molar-refractivity contribution in [1.82, 2.24) is 0 Å². The van der Waals surface area contributed by atoms with Crippen LogP contribution in [0.4, 0.5) is 0 Å². The average molecular weight is 191 g/mol. The van der Waals surface area contributed by atoms with E-state index in [4.69, 9.17) is 4.74 Å². The lowest BCUT2D eigenvalue weighted by molar-refractivity contribution is -0.115. The molecule has 1 heterocycles. The largest absolute Gasteiger partial charge is 0.465 e. The molecular weight excluding hydrogens is 178 g/mol. The van der Waals surface area contributed by atoms with Gasteiger partial charge in [-0.05, 0) is 24.1 Å². The lowest BCUT2D eigenvalue weighted by Crippen LogP contribution is -2.01. The van der Waals surface area contributed by atoms with Crippen LogP contribution < -0.4 is 10.5 Å². The number of allylic oxidation sites excluding steroid dienone is 1. The van der Waals surface area contributed by atoms with Crippen molar-refractivity contribution in [1.29, 1.82) is 0 Å². The standard InChI is InChI=1S/C9H8O.C2H5NO/c1-2-6-9-8(4-1)5-3-7-10-9;1-2(3)4/h1-4,6-7H,5H2;1H3,(H2,3,4). The Labute approximate surface area is 83.2 Å². The molecule has 1 amide bonds. The third-order valence-corrected chi connectivity index (χ3v) is 1.60. The molecule has 0 radical (unpaired) electrons. The van der Waals surface area contributed by atoms with E-state index in [1.165, 1.54) is 12.5 Å². The maximum Gasteiger partial charge on any atom is 0.214 e. The molecule has 2 rings (SSSR count). The Morgan fingerprint density at radius 1 is 1.43 bits per heavy atom. The molecule has 3 nitrogen and oxygen atoms in total. The summed E-state index contributed by atoms with van der Waals surface area (Å²) in [5.74, 6) is 0.657. The van der Waals surface area contributed by atoms with E-state index in [9.17, 15) is 4.79 Å². The molecule has 1 aromatic rings. The lowest BCUT2D eigenvalue weighted by Gasteiger charge is -2.09. The summed E-state index contributed by atoms with van der Waals surface area (Å²) in [7, 11) is 0. The minimum Gasteiger partial charge on any atom is -0.465 e. The highest BCUT2D eigenvalue weighted by Crippen LogP contribution is 2.21. The van der Waals surface area contributed by atoms with Gasteiger partial charge in [0, 0.05) is 6.92 Å². The van der Waals surface area contributed by atoms with E-state index in [0.717, 1.165) is 12.2 Å². The fourth-order valence-corrected chi connectivity index (χ4v) is 1.08. The van der Waals surface area contributed by atoms with Crippen molar-refractivity contribution in [2.75, 3.05) is 0 Å². The van der Waals surface area contributed by atoms with Crippen molar-refractivity contribution in [3.63, 3.8) is 0 Å². The summed E-state index contributed by atoms with van der Waals surface area (Å²) in [6, 6.07) is 8.08. The summed E-state index contributed by atoms with van der Waals surface area (Å²) in [4.78, 5) is 9.22. The molecule has 74 valence electrons. The van der Waals surface area contributed by atoms with Crippen molar-refractivity contribution in [2.45, 2.75) is 13.3 Å². The molecule has 1 aromatic carbocycles. The fraction of sp³-hybridized carbons (Fsp3) is 0.182. The van der Waals surface area contributed by atoms with E-state index in [-0.39, 0.29) is 5.91 Å². The smallest absolute Gasteiger partial charge is 0.214 e. The predicted octanol–water partition coefficient (Wildman–Crippen LogP) is 1.63. The van der Waals surface area contributed by atoms with Gasteiger partial charge in [-0.1, -0.05) is 18.2 Å². The summed E-state index contributed by atoms with van der Waals surface area (Å²) >= 11 is 0. The molecule has 3 heteroatoms. The molecular formula is C11H13NO2. The summed E-state index contributed by atoms with van der Waals surface area (Å²) in [6.07, 6.45) is 4.75. The number of hydrogen-bond acceptors (Lipinski definition) is 2. The topological polar surface area (TPSA) is 52.3 Å². The summed E-state index contributed by atoms with van der Waals surface area (Å²) in [5, 5.41) is 0. The van der Waals surface area contributed by atoms with Gasteiger partial charge in [0.1, 0.15) is 5.75 Å². The maximum atomic E-state index is 9.22. The summed E-state index contributed by atoms with van der Waals surface area (Å²) in [5.41, 5.74) is 5.74. The third kappa shape index (κ3) is 3.31. The minimum atomic E-state index is -0.333. The number of nitrogens with two attached hydrogens (primary N) is 1. The van der Waals surface area contributed by atoms with Crippen molar-refractivity contribution < 1.29 is 9.53 Å². The highest BCUT2D eigenvalue weighted by molar-refractivity contribution is 5.70. The molecule has 0 spiro atoms. The van der Waals surface area contributed by atoms with E-state index in [2.05, 4.69) is 11.8 Å². The maximum absolute atomic E-state index is 9.22. The van der Waals surface area contributed by atoms with Crippen LogP contribution in [0.2, 0.25) is 0 Å². The van der Waals surface area contributed by atoms with Gasteiger partial charge in [-0.25, -0.2) is 0 Å². The SMILES string of the molecule is C1=COc2ccccc2C1.CC(N)=O. The van der Waals surface area contributed by atoms with Crippen LogP contribution in [0.25, 0.3) is 0 Å². The van der Waals surface area contributed by atoms with Gasteiger partial charge in [-0.3, -0.25) is 4.79 Å². The van der Waals surface area contributed by atoms with E-state index in [0.29, 0.717) is 0 Å². The van der Waals surface area contributed by atoms with E-state index < -0.39 is 0 Å². The first kappa shape index (κ1) is 10.3. The number of para-hydroxylation sites is 1. The van der Waals surface area contributed by atoms with E-state index >= 15 is 0 Å². The second-order valence-corrected chi connectivity index (χ2v) is 2.91. The second-order valence-electron chi connectivity index (χ2n) is 2.91. The summed E-state index contributed by atoms with van der Waals surface area (Å²) < 4.78 is 5.24. The van der Waals surface area contributed by atoms with Gasteiger partial charge >= 0.3 is 0 Å². The lowest BCUT2D eigenvalue weighted by atomic mass is 10.1. The first-order valence-electron chi connectivity index (χ1n) is 4.36. The van der Waals surface area contributed by atoms with Crippen LogP contribution in [0, 0.1) is 0 Å². The van der Waals surface area contributed by atoms with Gasteiger partial charge in [0.25, 0.3) is 0 Å². The predicted molar refractivity (Wildman–Crippen MR) is 54.8 cm³/mol. The van der Waals surface area contributed by atoms with Gasteiger partial charge in [0.2, 0.25) is 5.91 Å². The van der Waals surface area contributed by atoms with Crippen LogP contribution in [0.1, 0.15) is 12.5 Å². The number of primary amides is 1. The molecule has 0 atom stereocenters. The minimum absolute atomic E-state index is 0.333. The molecule has 0 unspecified atom stereocenters. The molecule has 0 saturated carbocycles. The normalized spacial score (nSPS) is 11.8. The molecule has 0 fully saturated rings. The Kier molecular flexibility index (Phi) is 3.73. The highest BCUT2D eigenvalue weighted by atomic mass is 16.5. The van der Waals surface area contributed by atoms with Crippen molar-refractivity contribution >= 4 is 5.91 Å². The van der Waals surface area contributed by atoms with Gasteiger partial charge < -0.3 is 10.5 Å². The average Bonchev–Trinajstić information content (AvgIpc) is 2.17. The zero-order valence-electron chi connectivity index (χ0n) is 8.07. The number of carbonyl (C=O) groups is 1. The van der Waals surface area contributed by atoms with Crippen molar-refractivity contribution in [2.24, 2.45) is 5.73 Å². The van der Waals surface area contributed by atoms with Crippen LogP contribution in [0.15, 0.2) is 36.6 Å². The number of amides is 1.